The lowest BCUT2D eigenvalue weighted by molar-refractivity contribution is -0.123. The van der Waals surface area contributed by atoms with Crippen molar-refractivity contribution in [1.82, 2.24) is 15.1 Å². The first-order valence-corrected chi connectivity index (χ1v) is 15.5. The van der Waals surface area contributed by atoms with E-state index in [-0.39, 0.29) is 35.4 Å². The number of thioether (sulfide) groups is 1. The van der Waals surface area contributed by atoms with E-state index in [0.29, 0.717) is 28.6 Å². The Morgan fingerprint density at radius 2 is 1.80 bits per heavy atom. The van der Waals surface area contributed by atoms with Crippen LogP contribution in [0.3, 0.4) is 0 Å². The second kappa shape index (κ2) is 11.3. The zero-order valence-corrected chi connectivity index (χ0v) is 25.1. The van der Waals surface area contributed by atoms with Gasteiger partial charge in [0.25, 0.3) is 0 Å². The summed E-state index contributed by atoms with van der Waals surface area (Å²) in [7, 11) is 3.25. The number of aryl methyl sites for hydroxylation is 1. The van der Waals surface area contributed by atoms with Crippen LogP contribution < -0.4 is 19.7 Å². The maximum Gasteiger partial charge on any atom is 0.240 e. The number of anilines is 1. The maximum absolute atomic E-state index is 13.9. The minimum atomic E-state index is -0.208. The Morgan fingerprint density at radius 3 is 2.46 bits per heavy atom. The molecule has 10 heteroatoms. The van der Waals surface area contributed by atoms with Gasteiger partial charge in [-0.3, -0.25) is 14.5 Å². The molecule has 8 nitrogen and oxygen atoms in total. The molecule has 0 unspecified atom stereocenters. The number of hydrogen-bond donors (Lipinski definition) is 1. The number of fused-ring (bicyclic) bond motifs is 1. The highest BCUT2D eigenvalue weighted by Gasteiger charge is 2.39. The van der Waals surface area contributed by atoms with Crippen molar-refractivity contribution in [2.45, 2.75) is 38.0 Å². The summed E-state index contributed by atoms with van der Waals surface area (Å²) < 4.78 is 13.5. The van der Waals surface area contributed by atoms with Crippen LogP contribution in [0.15, 0.2) is 53.2 Å². The molecule has 1 aliphatic carbocycles. The monoisotopic (exact) mass is 588 g/mol. The Labute approximate surface area is 247 Å². The number of hydrogen-bond acceptors (Lipinski definition) is 7. The summed E-state index contributed by atoms with van der Waals surface area (Å²) in [6, 6.07) is 14.0. The van der Waals surface area contributed by atoms with Crippen molar-refractivity contribution in [3.63, 3.8) is 0 Å². The van der Waals surface area contributed by atoms with Crippen molar-refractivity contribution < 1.29 is 19.1 Å². The van der Waals surface area contributed by atoms with Crippen LogP contribution in [0.2, 0.25) is 0 Å². The number of amides is 2. The van der Waals surface area contributed by atoms with Crippen molar-refractivity contribution in [3.05, 3.63) is 75.5 Å². The minimum Gasteiger partial charge on any atom is -0.496 e. The second-order valence-electron chi connectivity index (χ2n) is 10.3. The van der Waals surface area contributed by atoms with Crippen LogP contribution in [0.5, 0.6) is 11.5 Å². The van der Waals surface area contributed by atoms with Crippen LogP contribution in [0, 0.1) is 13.8 Å². The zero-order valence-electron chi connectivity index (χ0n) is 23.5. The molecule has 3 heterocycles. The molecular formula is C31H32N4O4S2. The Balaban J connectivity index is 1.68. The lowest BCUT2D eigenvalue weighted by Crippen LogP contribution is -2.43. The predicted octanol–water partition coefficient (Wildman–Crippen LogP) is 5.68. The van der Waals surface area contributed by atoms with E-state index in [1.165, 1.54) is 0 Å². The molecule has 0 spiro atoms. The average Bonchev–Trinajstić information content (AvgIpc) is 3.50. The fraction of sp³-hybridized carbons (Fsp3) is 0.323. The zero-order chi connectivity index (χ0) is 28.7. The van der Waals surface area contributed by atoms with E-state index in [2.05, 4.69) is 36.7 Å². The van der Waals surface area contributed by atoms with Crippen LogP contribution in [0.1, 0.15) is 40.3 Å². The largest absolute Gasteiger partial charge is 0.496 e. The van der Waals surface area contributed by atoms with E-state index < -0.39 is 0 Å². The van der Waals surface area contributed by atoms with Crippen LogP contribution >= 0.6 is 23.1 Å². The molecule has 2 aromatic heterocycles. The molecule has 2 aromatic carbocycles. The van der Waals surface area contributed by atoms with Gasteiger partial charge in [-0.2, -0.15) is 16.4 Å². The van der Waals surface area contributed by atoms with Crippen molar-refractivity contribution >= 4 is 40.7 Å². The highest BCUT2D eigenvalue weighted by atomic mass is 32.2. The summed E-state index contributed by atoms with van der Waals surface area (Å²) in [5, 5.41) is 12.2. The molecule has 1 N–H and O–H groups in total. The summed E-state index contributed by atoms with van der Waals surface area (Å²) in [6.07, 6.45) is 1.94. The molecule has 0 saturated heterocycles. The van der Waals surface area contributed by atoms with E-state index in [1.54, 1.807) is 42.2 Å². The minimum absolute atomic E-state index is 0.0850. The lowest BCUT2D eigenvalue weighted by atomic mass is 9.99. The van der Waals surface area contributed by atoms with Gasteiger partial charge < -0.3 is 14.8 Å². The average molecular weight is 589 g/mol. The Bertz CT molecular complexity index is 1590. The fourth-order valence-electron chi connectivity index (χ4n) is 5.25. The molecule has 1 fully saturated rings. The van der Waals surface area contributed by atoms with E-state index in [1.807, 2.05) is 40.4 Å². The number of carbonyl (C=O) groups excluding carboxylic acids is 2. The number of benzene rings is 2. The van der Waals surface area contributed by atoms with Gasteiger partial charge in [-0.25, -0.2) is 4.68 Å². The fourth-order valence-corrected chi connectivity index (χ4v) is 7.21. The highest BCUT2D eigenvalue weighted by molar-refractivity contribution is 8.00. The summed E-state index contributed by atoms with van der Waals surface area (Å²) >= 11 is 3.16. The summed E-state index contributed by atoms with van der Waals surface area (Å²) in [6.45, 7) is 4.02. The molecule has 0 radical (unpaired) electrons. The van der Waals surface area contributed by atoms with Gasteiger partial charge in [0.15, 0.2) is 0 Å². The standard InChI is InChI=1S/C31H32N4O4S2/c1-18-7-5-8-22(19(18)2)35-31-28(29(33-35)27-23(38-3)9-6-10-24(27)39-4)30(20-13-14-40-16-20)41-17-26(37)34(31)15-25(36)32-21-11-12-21/h5-10,13-14,16,21,30H,11-12,15,17H2,1-4H3,(H,32,36)/t30-/m1/s1. The van der Waals surface area contributed by atoms with Crippen LogP contribution in [0.25, 0.3) is 16.9 Å². The summed E-state index contributed by atoms with van der Waals surface area (Å²) in [5.41, 5.74) is 6.27. The van der Waals surface area contributed by atoms with Gasteiger partial charge in [-0.05, 0) is 78.4 Å². The third-order valence-electron chi connectivity index (χ3n) is 7.65. The molecule has 6 rings (SSSR count). The maximum atomic E-state index is 13.9. The SMILES string of the molecule is COc1cccc(OC)c1-c1nn(-c2cccc(C)c2C)c2c1[C@@H](c1ccsc1)SCC(=O)N2CC(=O)NC1CC1. The van der Waals surface area contributed by atoms with Crippen molar-refractivity contribution in [3.8, 4) is 28.4 Å². The number of nitrogens with one attached hydrogen (secondary N) is 1. The number of aromatic nitrogens is 2. The number of ether oxygens (including phenoxy) is 2. The molecule has 0 bridgehead atoms. The lowest BCUT2D eigenvalue weighted by Gasteiger charge is -2.24. The van der Waals surface area contributed by atoms with E-state index in [9.17, 15) is 9.59 Å². The van der Waals surface area contributed by atoms with E-state index in [4.69, 9.17) is 14.6 Å². The molecule has 1 aliphatic heterocycles. The second-order valence-corrected chi connectivity index (χ2v) is 12.2. The quantitative estimate of drug-likeness (QED) is 0.285. The van der Waals surface area contributed by atoms with Crippen LogP contribution in [-0.4, -0.2) is 54.2 Å². The first-order valence-electron chi connectivity index (χ1n) is 13.6. The number of nitrogens with zero attached hydrogens (tertiary/aromatic N) is 3. The van der Waals surface area contributed by atoms with E-state index >= 15 is 0 Å². The van der Waals surface area contributed by atoms with Gasteiger partial charge in [-0.1, -0.05) is 18.2 Å². The smallest absolute Gasteiger partial charge is 0.240 e. The number of methoxy groups -OCH3 is 2. The molecule has 1 saturated carbocycles. The molecule has 2 aliphatic rings. The Hall–Kier alpha value is -3.76. The van der Waals surface area contributed by atoms with E-state index in [0.717, 1.165) is 40.8 Å². The van der Waals surface area contributed by atoms with Crippen molar-refractivity contribution in [2.24, 2.45) is 0 Å². The van der Waals surface area contributed by atoms with Crippen molar-refractivity contribution in [2.75, 3.05) is 31.4 Å². The van der Waals surface area contributed by atoms with Gasteiger partial charge in [0, 0.05) is 11.6 Å². The van der Waals surface area contributed by atoms with Crippen LogP contribution in [0.4, 0.5) is 5.82 Å². The molecule has 2 amide bonds. The third kappa shape index (κ3) is 5.10. The third-order valence-corrected chi connectivity index (χ3v) is 9.60. The summed E-state index contributed by atoms with van der Waals surface area (Å²) in [5.74, 6) is 1.74. The van der Waals surface area contributed by atoms with Crippen LogP contribution in [-0.2, 0) is 9.59 Å². The predicted molar refractivity (Wildman–Crippen MR) is 164 cm³/mol. The molecule has 1 atom stereocenters. The topological polar surface area (TPSA) is 85.7 Å². The van der Waals surface area contributed by atoms with Gasteiger partial charge in [0.05, 0.1) is 36.5 Å². The Morgan fingerprint density at radius 1 is 1.07 bits per heavy atom. The number of thiophene rings is 1. The first kappa shape index (κ1) is 27.4. The van der Waals surface area contributed by atoms with Gasteiger partial charge in [0.1, 0.15) is 29.6 Å². The number of rotatable bonds is 8. The molecule has 212 valence electrons. The first-order chi connectivity index (χ1) is 19.9. The molecule has 41 heavy (non-hydrogen) atoms. The molecule has 4 aromatic rings. The van der Waals surface area contributed by atoms with Gasteiger partial charge >= 0.3 is 0 Å². The molecular weight excluding hydrogens is 556 g/mol. The number of carbonyl (C=O) groups is 2. The van der Waals surface area contributed by atoms with Crippen molar-refractivity contribution in [1.29, 1.82) is 0 Å². The van der Waals surface area contributed by atoms with Gasteiger partial charge in [0.2, 0.25) is 11.8 Å². The normalized spacial score (nSPS) is 16.7. The highest BCUT2D eigenvalue weighted by Crippen LogP contribution is 2.52. The summed E-state index contributed by atoms with van der Waals surface area (Å²) in [4.78, 5) is 28.7. The van der Waals surface area contributed by atoms with Gasteiger partial charge in [-0.15, -0.1) is 11.8 Å². The Kier molecular flexibility index (Phi) is 7.52.